The van der Waals surface area contributed by atoms with E-state index in [2.05, 4.69) is 17.6 Å². The van der Waals surface area contributed by atoms with Crippen LogP contribution in [0, 0.1) is 23.0 Å². The first-order chi connectivity index (χ1) is 10.5. The average Bonchev–Trinajstić information content (AvgIpc) is 3.29. The topological polar surface area (TPSA) is 41.1 Å². The van der Waals surface area contributed by atoms with Crippen LogP contribution in [-0.2, 0) is 4.79 Å². The van der Waals surface area contributed by atoms with Gasteiger partial charge < -0.3 is 10.6 Å². The maximum atomic E-state index is 13.3. The fraction of sp³-hybridized carbons (Fsp3) is 0.588. The largest absolute Gasteiger partial charge is 0.355 e. The molecule has 0 aromatic heterocycles. The molecule has 3 nitrogen and oxygen atoms in total. The second-order valence-electron chi connectivity index (χ2n) is 6.90. The number of benzene rings is 1. The molecule has 1 amide bonds. The molecule has 3 rings (SSSR count). The molecule has 0 spiro atoms. The molecule has 1 aromatic rings. The van der Waals surface area contributed by atoms with Crippen molar-refractivity contribution in [3.63, 3.8) is 0 Å². The smallest absolute Gasteiger partial charge is 0.223 e. The number of hydrogen-bond donors (Lipinski definition) is 2. The van der Waals surface area contributed by atoms with Gasteiger partial charge >= 0.3 is 0 Å². The zero-order valence-corrected chi connectivity index (χ0v) is 12.8. The molecule has 120 valence electrons. The molecule has 2 fully saturated rings. The average molecular weight is 308 g/mol. The van der Waals surface area contributed by atoms with Gasteiger partial charge in [-0.25, -0.2) is 8.78 Å². The Bertz CT molecular complexity index is 570. The molecule has 22 heavy (non-hydrogen) atoms. The van der Waals surface area contributed by atoms with Crippen molar-refractivity contribution < 1.29 is 13.6 Å². The highest BCUT2D eigenvalue weighted by Gasteiger charge is 2.44. The van der Waals surface area contributed by atoms with Crippen LogP contribution in [0.2, 0.25) is 0 Å². The first kappa shape index (κ1) is 15.4. The standard InChI is InChI=1S/C17H22F2N2O/c1-17(4-6-20-7-5-17)10-21-16(22)13-9-12(13)11-2-3-14(18)15(19)8-11/h2-3,8,12-13,20H,4-7,9-10H2,1H3,(H,21,22). The van der Waals surface area contributed by atoms with Gasteiger partial charge in [-0.3, -0.25) is 4.79 Å². The lowest BCUT2D eigenvalue weighted by molar-refractivity contribution is -0.123. The van der Waals surface area contributed by atoms with Crippen molar-refractivity contribution in [3.8, 4) is 0 Å². The molecule has 1 aliphatic heterocycles. The van der Waals surface area contributed by atoms with Gasteiger partial charge in [0.1, 0.15) is 0 Å². The van der Waals surface area contributed by atoms with E-state index in [1.807, 2.05) is 0 Å². The monoisotopic (exact) mass is 308 g/mol. The maximum Gasteiger partial charge on any atom is 0.223 e. The molecule has 2 unspecified atom stereocenters. The highest BCUT2D eigenvalue weighted by atomic mass is 19.2. The number of nitrogens with one attached hydrogen (secondary N) is 2. The number of carbonyl (C=O) groups excluding carboxylic acids is 1. The predicted octanol–water partition coefficient (Wildman–Crippen LogP) is 2.57. The summed E-state index contributed by atoms with van der Waals surface area (Å²) < 4.78 is 26.2. The van der Waals surface area contributed by atoms with E-state index in [4.69, 9.17) is 0 Å². The lowest BCUT2D eigenvalue weighted by Crippen LogP contribution is -2.43. The van der Waals surface area contributed by atoms with E-state index in [0.29, 0.717) is 12.1 Å². The van der Waals surface area contributed by atoms with Crippen molar-refractivity contribution in [2.45, 2.75) is 32.1 Å². The van der Waals surface area contributed by atoms with Gasteiger partial charge in [-0.1, -0.05) is 13.0 Å². The Labute approximate surface area is 129 Å². The van der Waals surface area contributed by atoms with Crippen LogP contribution in [0.5, 0.6) is 0 Å². The molecular formula is C17H22F2N2O. The van der Waals surface area contributed by atoms with Gasteiger partial charge in [0, 0.05) is 12.5 Å². The first-order valence-corrected chi connectivity index (χ1v) is 7.92. The van der Waals surface area contributed by atoms with Crippen LogP contribution < -0.4 is 10.6 Å². The van der Waals surface area contributed by atoms with E-state index >= 15 is 0 Å². The van der Waals surface area contributed by atoms with Gasteiger partial charge in [0.25, 0.3) is 0 Å². The SMILES string of the molecule is CC1(CNC(=O)C2CC2c2ccc(F)c(F)c2)CCNCC1. The van der Waals surface area contributed by atoms with Gasteiger partial charge in [-0.05, 0) is 61.4 Å². The van der Waals surface area contributed by atoms with E-state index in [0.717, 1.165) is 38.4 Å². The molecule has 1 aliphatic carbocycles. The summed E-state index contributed by atoms with van der Waals surface area (Å²) in [5.41, 5.74) is 0.875. The molecule has 1 saturated carbocycles. The Morgan fingerprint density at radius 1 is 1.32 bits per heavy atom. The Balaban J connectivity index is 1.53. The van der Waals surface area contributed by atoms with E-state index in [1.54, 1.807) is 6.07 Å². The van der Waals surface area contributed by atoms with Crippen LogP contribution >= 0.6 is 0 Å². The maximum absolute atomic E-state index is 13.3. The van der Waals surface area contributed by atoms with E-state index in [-0.39, 0.29) is 23.2 Å². The number of carbonyl (C=O) groups is 1. The summed E-state index contributed by atoms with van der Waals surface area (Å²) in [6.07, 6.45) is 2.84. The molecule has 1 aromatic carbocycles. The summed E-state index contributed by atoms with van der Waals surface area (Å²) >= 11 is 0. The van der Waals surface area contributed by atoms with Crippen LogP contribution in [0.25, 0.3) is 0 Å². The van der Waals surface area contributed by atoms with Gasteiger partial charge in [0.05, 0.1) is 0 Å². The third kappa shape index (κ3) is 3.29. The quantitative estimate of drug-likeness (QED) is 0.897. The Morgan fingerprint density at radius 2 is 2.05 bits per heavy atom. The third-order valence-electron chi connectivity index (χ3n) is 5.00. The molecule has 0 bridgehead atoms. The Kier molecular flexibility index (Phi) is 4.17. The van der Waals surface area contributed by atoms with Crippen molar-refractivity contribution in [3.05, 3.63) is 35.4 Å². The summed E-state index contributed by atoms with van der Waals surface area (Å²) in [6, 6.07) is 3.92. The fourth-order valence-corrected chi connectivity index (χ4v) is 3.23. The minimum atomic E-state index is -0.843. The van der Waals surface area contributed by atoms with Crippen molar-refractivity contribution in [2.24, 2.45) is 11.3 Å². The molecular weight excluding hydrogens is 286 g/mol. The van der Waals surface area contributed by atoms with Crippen molar-refractivity contribution in [1.29, 1.82) is 0 Å². The normalized spacial score (nSPS) is 26.5. The highest BCUT2D eigenvalue weighted by Crippen LogP contribution is 2.47. The minimum Gasteiger partial charge on any atom is -0.355 e. The van der Waals surface area contributed by atoms with Gasteiger partial charge in [-0.15, -0.1) is 0 Å². The van der Waals surface area contributed by atoms with Gasteiger partial charge in [0.15, 0.2) is 11.6 Å². The molecule has 2 aliphatic rings. The number of halogens is 2. The van der Waals surface area contributed by atoms with E-state index in [9.17, 15) is 13.6 Å². The predicted molar refractivity (Wildman–Crippen MR) is 80.4 cm³/mol. The van der Waals surface area contributed by atoms with E-state index in [1.165, 1.54) is 6.07 Å². The zero-order valence-electron chi connectivity index (χ0n) is 12.8. The second kappa shape index (κ2) is 5.95. The molecule has 0 radical (unpaired) electrons. The molecule has 1 heterocycles. The van der Waals surface area contributed by atoms with Crippen LogP contribution in [0.3, 0.4) is 0 Å². The fourth-order valence-electron chi connectivity index (χ4n) is 3.23. The summed E-state index contributed by atoms with van der Waals surface area (Å²) in [7, 11) is 0. The molecule has 1 saturated heterocycles. The van der Waals surface area contributed by atoms with Crippen molar-refractivity contribution in [2.75, 3.05) is 19.6 Å². The highest BCUT2D eigenvalue weighted by molar-refractivity contribution is 5.82. The van der Waals surface area contributed by atoms with Crippen molar-refractivity contribution >= 4 is 5.91 Å². The summed E-state index contributed by atoms with van der Waals surface area (Å²) in [5, 5.41) is 6.37. The van der Waals surface area contributed by atoms with Crippen molar-refractivity contribution in [1.82, 2.24) is 10.6 Å². The van der Waals surface area contributed by atoms with Gasteiger partial charge in [0.2, 0.25) is 5.91 Å². The first-order valence-electron chi connectivity index (χ1n) is 7.92. The van der Waals surface area contributed by atoms with Crippen LogP contribution in [-0.4, -0.2) is 25.5 Å². The number of amides is 1. The summed E-state index contributed by atoms with van der Waals surface area (Å²) in [5.74, 6) is -1.73. The van der Waals surface area contributed by atoms with Gasteiger partial charge in [-0.2, -0.15) is 0 Å². The Morgan fingerprint density at radius 3 is 2.73 bits per heavy atom. The van der Waals surface area contributed by atoms with Crippen LogP contribution in [0.4, 0.5) is 8.78 Å². The second-order valence-corrected chi connectivity index (χ2v) is 6.90. The van der Waals surface area contributed by atoms with Crippen LogP contribution in [0.1, 0.15) is 37.7 Å². The molecule has 2 atom stereocenters. The summed E-state index contributed by atoms with van der Waals surface area (Å²) in [6.45, 7) is 4.88. The lowest BCUT2D eigenvalue weighted by atomic mass is 9.81. The number of rotatable bonds is 4. The van der Waals surface area contributed by atoms with E-state index < -0.39 is 11.6 Å². The zero-order chi connectivity index (χ0) is 15.7. The molecule has 2 N–H and O–H groups in total. The Hall–Kier alpha value is -1.49. The number of piperidine rings is 1. The molecule has 5 heteroatoms. The number of hydrogen-bond acceptors (Lipinski definition) is 2. The lowest BCUT2D eigenvalue weighted by Gasteiger charge is -2.34. The third-order valence-corrected chi connectivity index (χ3v) is 5.00. The van der Waals surface area contributed by atoms with Crippen LogP contribution in [0.15, 0.2) is 18.2 Å². The minimum absolute atomic E-state index is 0.0240. The summed E-state index contributed by atoms with van der Waals surface area (Å²) in [4.78, 5) is 12.2.